The van der Waals surface area contributed by atoms with Crippen molar-refractivity contribution in [2.45, 2.75) is 85.0 Å². The van der Waals surface area contributed by atoms with Gasteiger partial charge >= 0.3 is 12.4 Å². The van der Waals surface area contributed by atoms with E-state index in [1.54, 1.807) is 0 Å². The molecular formula is C18H30F6. The van der Waals surface area contributed by atoms with Gasteiger partial charge < -0.3 is 0 Å². The van der Waals surface area contributed by atoms with E-state index in [0.717, 1.165) is 13.3 Å². The van der Waals surface area contributed by atoms with Gasteiger partial charge in [0.1, 0.15) is 0 Å². The fourth-order valence-electron chi connectivity index (χ4n) is 4.27. The van der Waals surface area contributed by atoms with Crippen molar-refractivity contribution in [3.05, 3.63) is 0 Å². The van der Waals surface area contributed by atoms with Gasteiger partial charge in [-0.2, -0.15) is 26.3 Å². The predicted molar refractivity (Wildman–Crippen MR) is 83.5 cm³/mol. The van der Waals surface area contributed by atoms with Gasteiger partial charge in [0, 0.05) is 0 Å². The van der Waals surface area contributed by atoms with Crippen LogP contribution >= 0.6 is 0 Å². The first-order valence-electron chi connectivity index (χ1n) is 9.01. The fraction of sp³-hybridized carbons (Fsp3) is 1.00. The lowest BCUT2D eigenvalue weighted by molar-refractivity contribution is -0.378. The molecule has 0 aromatic rings. The second-order valence-corrected chi connectivity index (χ2v) is 7.81. The Balaban J connectivity index is 3.22. The van der Waals surface area contributed by atoms with E-state index in [1.807, 2.05) is 20.8 Å². The molecule has 6 heteroatoms. The molecular weight excluding hydrogens is 330 g/mol. The summed E-state index contributed by atoms with van der Waals surface area (Å²) >= 11 is 0. The Morgan fingerprint density at radius 1 is 0.833 bits per heavy atom. The molecule has 1 aliphatic rings. The number of hydrogen-bond acceptors (Lipinski definition) is 0. The van der Waals surface area contributed by atoms with Crippen molar-refractivity contribution in [3.63, 3.8) is 0 Å². The lowest BCUT2D eigenvalue weighted by Gasteiger charge is -2.49. The lowest BCUT2D eigenvalue weighted by Crippen LogP contribution is -2.59. The molecule has 0 radical (unpaired) electrons. The molecule has 0 aromatic carbocycles. The summed E-state index contributed by atoms with van der Waals surface area (Å²) in [6.07, 6.45) is -8.53. The maximum Gasteiger partial charge on any atom is 0.403 e. The van der Waals surface area contributed by atoms with Gasteiger partial charge in [0.05, 0.1) is 0 Å². The van der Waals surface area contributed by atoms with Crippen molar-refractivity contribution in [1.82, 2.24) is 0 Å². The minimum Gasteiger partial charge on any atom is -0.170 e. The second kappa shape index (κ2) is 7.86. The monoisotopic (exact) mass is 360 g/mol. The molecule has 1 saturated carbocycles. The van der Waals surface area contributed by atoms with Crippen LogP contribution in [0.1, 0.15) is 72.6 Å². The summed E-state index contributed by atoms with van der Waals surface area (Å²) in [5.74, 6) is -2.47. The second-order valence-electron chi connectivity index (χ2n) is 7.81. The van der Waals surface area contributed by atoms with Crippen LogP contribution in [0, 0.1) is 29.1 Å². The molecule has 0 N–H and O–H groups in total. The smallest absolute Gasteiger partial charge is 0.170 e. The molecule has 1 aliphatic carbocycles. The van der Waals surface area contributed by atoms with Gasteiger partial charge in [-0.3, -0.25) is 0 Å². The largest absolute Gasteiger partial charge is 0.403 e. The fourth-order valence-corrected chi connectivity index (χ4v) is 4.27. The first-order chi connectivity index (χ1) is 10.9. The average molecular weight is 360 g/mol. The number of halogens is 6. The van der Waals surface area contributed by atoms with Crippen molar-refractivity contribution in [2.24, 2.45) is 29.1 Å². The topological polar surface area (TPSA) is 0 Å². The first-order valence-corrected chi connectivity index (χ1v) is 9.01. The number of rotatable bonds is 6. The summed E-state index contributed by atoms with van der Waals surface area (Å²) in [5, 5.41) is 0. The zero-order valence-electron chi connectivity index (χ0n) is 15.0. The van der Waals surface area contributed by atoms with Crippen LogP contribution < -0.4 is 0 Å². The van der Waals surface area contributed by atoms with E-state index >= 15 is 0 Å². The highest BCUT2D eigenvalue weighted by Crippen LogP contribution is 2.63. The summed E-state index contributed by atoms with van der Waals surface area (Å²) in [6, 6.07) is 0. The van der Waals surface area contributed by atoms with Crippen LogP contribution in [-0.2, 0) is 0 Å². The molecule has 144 valence electrons. The van der Waals surface area contributed by atoms with Crippen LogP contribution in [0.3, 0.4) is 0 Å². The molecule has 0 heterocycles. The summed E-state index contributed by atoms with van der Waals surface area (Å²) in [6.45, 7) is 6.82. The maximum atomic E-state index is 13.9. The highest BCUT2D eigenvalue weighted by molar-refractivity contribution is 5.02. The molecule has 1 rings (SSSR count). The molecule has 0 amide bonds. The molecule has 0 saturated heterocycles. The average Bonchev–Trinajstić information content (AvgIpc) is 2.44. The van der Waals surface area contributed by atoms with Crippen molar-refractivity contribution < 1.29 is 26.3 Å². The van der Waals surface area contributed by atoms with Crippen molar-refractivity contribution in [3.8, 4) is 0 Å². The summed E-state index contributed by atoms with van der Waals surface area (Å²) in [7, 11) is 0. The van der Waals surface area contributed by atoms with E-state index in [9.17, 15) is 26.3 Å². The number of alkyl halides is 6. The standard InChI is InChI=1S/C18H30F6/c1-5-12(2)6-9-14(4)16(17(19,20)21,18(22,23)24)15-10-7-13(3)8-11-15/h12-15H,5-11H2,1-4H3. The third-order valence-electron chi connectivity index (χ3n) is 6.16. The van der Waals surface area contributed by atoms with E-state index in [2.05, 4.69) is 0 Å². The van der Waals surface area contributed by atoms with E-state index in [0.29, 0.717) is 19.3 Å². The Morgan fingerprint density at radius 2 is 1.29 bits per heavy atom. The molecule has 2 unspecified atom stereocenters. The van der Waals surface area contributed by atoms with Crippen molar-refractivity contribution in [2.75, 3.05) is 0 Å². The summed E-state index contributed by atoms with van der Waals surface area (Å²) < 4.78 is 83.3. The molecule has 0 bridgehead atoms. The summed E-state index contributed by atoms with van der Waals surface area (Å²) in [4.78, 5) is 0. The highest BCUT2D eigenvalue weighted by atomic mass is 19.4. The molecule has 0 aliphatic heterocycles. The third-order valence-corrected chi connectivity index (χ3v) is 6.16. The Kier molecular flexibility index (Phi) is 7.08. The van der Waals surface area contributed by atoms with Gasteiger partial charge in [-0.15, -0.1) is 0 Å². The Hall–Kier alpha value is -0.420. The van der Waals surface area contributed by atoms with Gasteiger partial charge in [-0.05, 0) is 42.9 Å². The van der Waals surface area contributed by atoms with Crippen LogP contribution in [0.25, 0.3) is 0 Å². The molecule has 2 atom stereocenters. The Labute approximate surface area is 141 Å². The molecule has 0 aromatic heterocycles. The minimum absolute atomic E-state index is 0.00780. The lowest BCUT2D eigenvalue weighted by atomic mass is 9.59. The van der Waals surface area contributed by atoms with Crippen LogP contribution in [0.2, 0.25) is 0 Å². The predicted octanol–water partition coefficient (Wildman–Crippen LogP) is 7.39. The van der Waals surface area contributed by atoms with Crippen LogP contribution in [-0.4, -0.2) is 12.4 Å². The molecule has 0 nitrogen and oxygen atoms in total. The van der Waals surface area contributed by atoms with E-state index in [1.165, 1.54) is 0 Å². The van der Waals surface area contributed by atoms with Gasteiger partial charge in [0.2, 0.25) is 0 Å². The quantitative estimate of drug-likeness (QED) is 0.433. The minimum atomic E-state index is -5.27. The maximum absolute atomic E-state index is 13.9. The zero-order chi connectivity index (χ0) is 18.8. The van der Waals surface area contributed by atoms with Crippen LogP contribution in [0.15, 0.2) is 0 Å². The molecule has 24 heavy (non-hydrogen) atoms. The van der Waals surface area contributed by atoms with Crippen LogP contribution in [0.5, 0.6) is 0 Å². The van der Waals surface area contributed by atoms with Gasteiger partial charge in [0.25, 0.3) is 0 Å². The summed E-state index contributed by atoms with van der Waals surface area (Å²) in [5.41, 5.74) is -3.58. The molecule has 1 fully saturated rings. The van der Waals surface area contributed by atoms with Gasteiger partial charge in [-0.25, -0.2) is 0 Å². The van der Waals surface area contributed by atoms with Crippen molar-refractivity contribution >= 4 is 0 Å². The van der Waals surface area contributed by atoms with E-state index in [-0.39, 0.29) is 31.1 Å². The van der Waals surface area contributed by atoms with E-state index < -0.39 is 29.6 Å². The number of hydrogen-bond donors (Lipinski definition) is 0. The van der Waals surface area contributed by atoms with E-state index in [4.69, 9.17) is 0 Å². The third kappa shape index (κ3) is 4.21. The SMILES string of the molecule is CCC(C)CCC(C)C(C1CCC(C)CC1)(C(F)(F)F)C(F)(F)F. The van der Waals surface area contributed by atoms with Gasteiger partial charge in [0.15, 0.2) is 5.41 Å². The Morgan fingerprint density at radius 3 is 1.67 bits per heavy atom. The molecule has 0 spiro atoms. The zero-order valence-corrected chi connectivity index (χ0v) is 15.0. The van der Waals surface area contributed by atoms with Gasteiger partial charge in [-0.1, -0.05) is 53.4 Å². The van der Waals surface area contributed by atoms with Crippen LogP contribution in [0.4, 0.5) is 26.3 Å². The highest BCUT2D eigenvalue weighted by Gasteiger charge is 2.75. The Bertz CT molecular complexity index is 362. The first kappa shape index (κ1) is 21.6. The van der Waals surface area contributed by atoms with Crippen molar-refractivity contribution in [1.29, 1.82) is 0 Å². The normalized spacial score (nSPS) is 26.2.